The highest BCUT2D eigenvalue weighted by atomic mass is 16.5. The Balaban J connectivity index is 2.33. The van der Waals surface area contributed by atoms with Crippen molar-refractivity contribution in [3.05, 3.63) is 0 Å². The summed E-state index contributed by atoms with van der Waals surface area (Å²) in [5.74, 6) is -0.0341. The first-order valence-electron chi connectivity index (χ1n) is 5.05. The molecule has 15 heavy (non-hydrogen) atoms. The molecule has 1 rings (SSSR count). The maximum Gasteiger partial charge on any atom is 0.224 e. The first kappa shape index (κ1) is 12.0. The van der Waals surface area contributed by atoms with Crippen molar-refractivity contribution < 1.29 is 9.53 Å². The van der Waals surface area contributed by atoms with Crippen molar-refractivity contribution in [3.63, 3.8) is 0 Å². The van der Waals surface area contributed by atoms with Gasteiger partial charge in [0.2, 0.25) is 5.91 Å². The third-order valence-electron chi connectivity index (χ3n) is 2.67. The standard InChI is InChI=1S/C10H17N3O2/c1-13-7-8(5-9(13)6-11)10(14)12-3-4-15-2/h8-9H,3-5,7H2,1-2H3,(H,12,14). The maximum absolute atomic E-state index is 11.6. The molecule has 0 saturated carbocycles. The average Bonchev–Trinajstić information content (AvgIpc) is 2.60. The molecule has 1 saturated heterocycles. The number of hydrogen-bond donors (Lipinski definition) is 1. The third kappa shape index (κ3) is 3.18. The van der Waals surface area contributed by atoms with E-state index >= 15 is 0 Å². The fraction of sp³-hybridized carbons (Fsp3) is 0.800. The number of nitrogens with zero attached hydrogens (tertiary/aromatic N) is 2. The summed E-state index contributed by atoms with van der Waals surface area (Å²) in [4.78, 5) is 13.5. The largest absolute Gasteiger partial charge is 0.383 e. The monoisotopic (exact) mass is 211 g/mol. The second-order valence-corrected chi connectivity index (χ2v) is 3.80. The highest BCUT2D eigenvalue weighted by Gasteiger charge is 2.33. The lowest BCUT2D eigenvalue weighted by Gasteiger charge is -2.11. The average molecular weight is 211 g/mol. The van der Waals surface area contributed by atoms with Gasteiger partial charge in [-0.25, -0.2) is 0 Å². The van der Waals surface area contributed by atoms with Gasteiger partial charge in [0.15, 0.2) is 0 Å². The van der Waals surface area contributed by atoms with E-state index in [-0.39, 0.29) is 17.9 Å². The van der Waals surface area contributed by atoms with E-state index in [1.54, 1.807) is 7.11 Å². The van der Waals surface area contributed by atoms with Gasteiger partial charge in [-0.3, -0.25) is 9.69 Å². The predicted molar refractivity (Wildman–Crippen MR) is 55.0 cm³/mol. The van der Waals surface area contributed by atoms with Crippen LogP contribution in [0.25, 0.3) is 0 Å². The van der Waals surface area contributed by atoms with Crippen LogP contribution < -0.4 is 5.32 Å². The predicted octanol–water partition coefficient (Wildman–Crippen LogP) is -0.407. The molecule has 84 valence electrons. The summed E-state index contributed by atoms with van der Waals surface area (Å²) >= 11 is 0. The Hall–Kier alpha value is -1.12. The lowest BCUT2D eigenvalue weighted by Crippen LogP contribution is -2.34. The number of nitriles is 1. The van der Waals surface area contributed by atoms with Gasteiger partial charge in [0.25, 0.3) is 0 Å². The molecule has 0 bridgehead atoms. The Morgan fingerprint density at radius 3 is 3.00 bits per heavy atom. The zero-order valence-electron chi connectivity index (χ0n) is 9.19. The van der Waals surface area contributed by atoms with Gasteiger partial charge in [-0.15, -0.1) is 0 Å². The van der Waals surface area contributed by atoms with E-state index in [2.05, 4.69) is 11.4 Å². The molecule has 0 aromatic rings. The first-order valence-corrected chi connectivity index (χ1v) is 5.05. The van der Waals surface area contributed by atoms with Crippen LogP contribution in [-0.2, 0) is 9.53 Å². The van der Waals surface area contributed by atoms with Crippen molar-refractivity contribution in [2.75, 3.05) is 33.9 Å². The number of methoxy groups -OCH3 is 1. The van der Waals surface area contributed by atoms with Gasteiger partial charge >= 0.3 is 0 Å². The third-order valence-corrected chi connectivity index (χ3v) is 2.67. The van der Waals surface area contributed by atoms with Crippen molar-refractivity contribution in [1.29, 1.82) is 5.26 Å². The quantitative estimate of drug-likeness (QED) is 0.642. The summed E-state index contributed by atoms with van der Waals surface area (Å²) in [7, 11) is 3.47. The molecule has 0 radical (unpaired) electrons. The van der Waals surface area contributed by atoms with E-state index in [1.165, 1.54) is 0 Å². The highest BCUT2D eigenvalue weighted by molar-refractivity contribution is 5.79. The van der Waals surface area contributed by atoms with Crippen LogP contribution >= 0.6 is 0 Å². The van der Waals surface area contributed by atoms with Crippen LogP contribution in [0.5, 0.6) is 0 Å². The van der Waals surface area contributed by atoms with E-state index in [0.29, 0.717) is 26.1 Å². The molecular weight excluding hydrogens is 194 g/mol. The van der Waals surface area contributed by atoms with Gasteiger partial charge in [-0.2, -0.15) is 5.26 Å². The molecule has 0 spiro atoms. The molecule has 1 aliphatic heterocycles. The lowest BCUT2D eigenvalue weighted by atomic mass is 10.1. The summed E-state index contributed by atoms with van der Waals surface area (Å²) in [5, 5.41) is 11.6. The second kappa shape index (κ2) is 5.69. The van der Waals surface area contributed by atoms with Crippen LogP contribution in [0.1, 0.15) is 6.42 Å². The molecule has 0 aliphatic carbocycles. The topological polar surface area (TPSA) is 65.4 Å². The Bertz CT molecular complexity index is 262. The fourth-order valence-corrected chi connectivity index (χ4v) is 1.76. The van der Waals surface area contributed by atoms with Crippen molar-refractivity contribution in [1.82, 2.24) is 10.2 Å². The second-order valence-electron chi connectivity index (χ2n) is 3.80. The molecule has 1 heterocycles. The molecule has 2 atom stereocenters. The van der Waals surface area contributed by atoms with Crippen molar-refractivity contribution in [2.24, 2.45) is 5.92 Å². The summed E-state index contributed by atoms with van der Waals surface area (Å²) < 4.78 is 4.84. The number of likely N-dealkylation sites (tertiary alicyclic amines) is 1. The van der Waals surface area contributed by atoms with E-state index in [1.807, 2.05) is 11.9 Å². The molecular formula is C10H17N3O2. The number of carbonyl (C=O) groups is 1. The summed E-state index contributed by atoms with van der Waals surface area (Å²) in [6, 6.07) is 2.06. The highest BCUT2D eigenvalue weighted by Crippen LogP contribution is 2.20. The summed E-state index contributed by atoms with van der Waals surface area (Å²) in [5.41, 5.74) is 0. The molecule has 1 amide bonds. The molecule has 0 aromatic heterocycles. The van der Waals surface area contributed by atoms with Crippen LogP contribution in [0.4, 0.5) is 0 Å². The molecule has 1 N–H and O–H groups in total. The Morgan fingerprint density at radius 2 is 2.47 bits per heavy atom. The lowest BCUT2D eigenvalue weighted by molar-refractivity contribution is -0.124. The minimum Gasteiger partial charge on any atom is -0.383 e. The maximum atomic E-state index is 11.6. The van der Waals surface area contributed by atoms with E-state index in [9.17, 15) is 4.79 Å². The van der Waals surface area contributed by atoms with Gasteiger partial charge in [-0.1, -0.05) is 0 Å². The summed E-state index contributed by atoms with van der Waals surface area (Å²) in [6.45, 7) is 1.72. The number of carbonyl (C=O) groups excluding carboxylic acids is 1. The minimum atomic E-state index is -0.122. The number of rotatable bonds is 4. The van der Waals surface area contributed by atoms with Gasteiger partial charge < -0.3 is 10.1 Å². The normalized spacial score (nSPS) is 26.2. The van der Waals surface area contributed by atoms with Crippen molar-refractivity contribution in [3.8, 4) is 6.07 Å². The first-order chi connectivity index (χ1) is 7.19. The molecule has 5 heteroatoms. The Kier molecular flexibility index (Phi) is 4.53. The zero-order chi connectivity index (χ0) is 11.3. The molecule has 5 nitrogen and oxygen atoms in total. The van der Waals surface area contributed by atoms with E-state index in [0.717, 1.165) is 0 Å². The fourth-order valence-electron chi connectivity index (χ4n) is 1.76. The number of hydrogen-bond acceptors (Lipinski definition) is 4. The van der Waals surface area contributed by atoms with Gasteiger partial charge in [0.1, 0.15) is 0 Å². The van der Waals surface area contributed by atoms with Crippen LogP contribution in [0.2, 0.25) is 0 Å². The van der Waals surface area contributed by atoms with Crippen molar-refractivity contribution >= 4 is 5.91 Å². The molecule has 1 fully saturated rings. The number of ether oxygens (including phenoxy) is 1. The molecule has 1 aliphatic rings. The van der Waals surface area contributed by atoms with Crippen LogP contribution in [-0.4, -0.2) is 50.7 Å². The van der Waals surface area contributed by atoms with Crippen molar-refractivity contribution in [2.45, 2.75) is 12.5 Å². The van der Waals surface area contributed by atoms with Crippen LogP contribution in [0, 0.1) is 17.2 Å². The molecule has 2 unspecified atom stereocenters. The van der Waals surface area contributed by atoms with Gasteiger partial charge in [0, 0.05) is 20.2 Å². The van der Waals surface area contributed by atoms with Gasteiger partial charge in [0.05, 0.1) is 24.6 Å². The zero-order valence-corrected chi connectivity index (χ0v) is 9.19. The summed E-state index contributed by atoms with van der Waals surface area (Å²) in [6.07, 6.45) is 0.631. The Morgan fingerprint density at radius 1 is 1.73 bits per heavy atom. The number of amides is 1. The Labute approximate surface area is 90.0 Å². The SMILES string of the molecule is COCCNC(=O)C1CC(C#N)N(C)C1. The minimum absolute atomic E-state index is 0.0247. The smallest absolute Gasteiger partial charge is 0.224 e. The number of nitrogens with one attached hydrogen (secondary N) is 1. The van der Waals surface area contributed by atoms with E-state index in [4.69, 9.17) is 10.00 Å². The van der Waals surface area contributed by atoms with Gasteiger partial charge in [-0.05, 0) is 13.5 Å². The van der Waals surface area contributed by atoms with E-state index < -0.39 is 0 Å². The molecule has 0 aromatic carbocycles. The van der Waals surface area contributed by atoms with Crippen LogP contribution in [0.3, 0.4) is 0 Å². The van der Waals surface area contributed by atoms with Crippen LogP contribution in [0.15, 0.2) is 0 Å².